The van der Waals surface area contributed by atoms with Crippen molar-refractivity contribution >= 4 is 38.3 Å². The molecule has 346 valence electrons. The molecule has 6 aliphatic carbocycles. The third kappa shape index (κ3) is 8.13. The Hall–Kier alpha value is -2.43. The van der Waals surface area contributed by atoms with Crippen molar-refractivity contribution in [2.45, 2.75) is 171 Å². The van der Waals surface area contributed by atoms with Gasteiger partial charge in [0.15, 0.2) is 5.96 Å². The summed E-state index contributed by atoms with van der Waals surface area (Å²) in [4.78, 5) is 5.12. The van der Waals surface area contributed by atoms with Crippen LogP contribution in [0.15, 0.2) is 76.6 Å². The highest BCUT2D eigenvalue weighted by Crippen LogP contribution is 2.69. The third-order valence-electron chi connectivity index (χ3n) is 19.7. The largest absolute Gasteiger partial charge is 0.471 e. The highest BCUT2D eigenvalue weighted by atomic mass is 33.1. The molecule has 0 radical (unpaired) electrons. The first-order chi connectivity index (χ1) is 30.9. The Morgan fingerprint density at radius 1 is 0.828 bits per heavy atom. The zero-order chi connectivity index (χ0) is 43.8. The Morgan fingerprint density at radius 3 is 2.53 bits per heavy atom. The van der Waals surface area contributed by atoms with Crippen molar-refractivity contribution < 1.29 is 19.4 Å². The number of nitrogens with zero attached hydrogens (tertiary/aromatic N) is 1. The van der Waals surface area contributed by atoms with Gasteiger partial charge in [0.25, 0.3) is 0 Å². The van der Waals surface area contributed by atoms with Gasteiger partial charge in [-0.25, -0.2) is 0 Å². The fourth-order valence-electron chi connectivity index (χ4n) is 16.1. The van der Waals surface area contributed by atoms with Gasteiger partial charge in [0.1, 0.15) is 0 Å². The summed E-state index contributed by atoms with van der Waals surface area (Å²) in [6.07, 6.45) is 23.8. The average molecular weight is 906 g/mol. The summed E-state index contributed by atoms with van der Waals surface area (Å²) in [6.45, 7) is 10.7. The molecule has 0 bridgehead atoms. The summed E-state index contributed by atoms with van der Waals surface area (Å²) in [5, 5.41) is 28.5. The molecule has 3 aromatic rings. The van der Waals surface area contributed by atoms with Gasteiger partial charge < -0.3 is 30.4 Å². The maximum atomic E-state index is 11.8. The smallest absolute Gasteiger partial charge is 0.188 e. The normalized spacial score (nSPS) is 44.1. The molecule has 0 amide bonds. The van der Waals surface area contributed by atoms with Crippen LogP contribution in [0.4, 0.5) is 0 Å². The Morgan fingerprint density at radius 2 is 1.64 bits per heavy atom. The minimum Gasteiger partial charge on any atom is -0.471 e. The van der Waals surface area contributed by atoms with E-state index in [0.717, 1.165) is 68.3 Å². The van der Waals surface area contributed by atoms with Crippen LogP contribution in [0, 0.1) is 52.3 Å². The number of benzene rings is 2. The second kappa shape index (κ2) is 17.3. The maximum Gasteiger partial charge on any atom is 0.188 e. The van der Waals surface area contributed by atoms with Crippen LogP contribution in [0.5, 0.6) is 0 Å². The highest BCUT2D eigenvalue weighted by molar-refractivity contribution is 8.76. The molecule has 64 heavy (non-hydrogen) atoms. The van der Waals surface area contributed by atoms with E-state index < -0.39 is 5.60 Å². The summed E-state index contributed by atoms with van der Waals surface area (Å²) in [5.41, 5.74) is 12.4. The summed E-state index contributed by atoms with van der Waals surface area (Å²) in [6, 6.07) is 15.9. The predicted octanol–water partition coefficient (Wildman–Crippen LogP) is 11.8. The number of guanidine groups is 1. The van der Waals surface area contributed by atoms with E-state index in [9.17, 15) is 10.2 Å². The average Bonchev–Trinajstić information content (AvgIpc) is 3.74. The number of allylic oxidation sites excluding steroid dienone is 1. The molecular formula is C55H75N3O4S2. The van der Waals surface area contributed by atoms with Crippen LogP contribution in [-0.2, 0) is 16.9 Å². The molecule has 11 rings (SSSR count). The second-order valence-corrected chi connectivity index (χ2v) is 25.8. The summed E-state index contributed by atoms with van der Waals surface area (Å²) >= 11 is 0. The zero-order valence-corrected chi connectivity index (χ0v) is 40.3. The van der Waals surface area contributed by atoms with Crippen LogP contribution in [-0.4, -0.2) is 57.9 Å². The molecular weight excluding hydrogens is 831 g/mol. The number of hydrogen-bond acceptors (Lipinski definition) is 9. The SMILES string of the molecule is C=C1C[C@@]2(CC[C@@H]([C@H]3CC[C@H]4CC[C@@H](O)C[C@@]4(O)C3)C2)[C@@H]2O[C@]2(C)CC[C@@H]2[C@@H]1C[C@]2(C)[C@@H]1CC[C@@H]([C@H]2CSSCc3ccccc3CC[C@@H](c3cccc4cocc34)CN=C(N)N2)C1. The van der Waals surface area contributed by atoms with Crippen molar-refractivity contribution in [1.29, 1.82) is 0 Å². The Kier molecular flexibility index (Phi) is 11.9. The van der Waals surface area contributed by atoms with Crippen molar-refractivity contribution in [2.75, 3.05) is 12.3 Å². The van der Waals surface area contributed by atoms with E-state index in [2.05, 4.69) is 61.6 Å². The zero-order valence-electron chi connectivity index (χ0n) is 38.7. The first-order valence-corrected chi connectivity index (χ1v) is 28.0. The van der Waals surface area contributed by atoms with Crippen molar-refractivity contribution in [3.05, 3.63) is 83.8 Å². The maximum absolute atomic E-state index is 11.8. The molecule has 5 N–H and O–H groups in total. The highest BCUT2D eigenvalue weighted by Gasteiger charge is 2.67. The topological polar surface area (TPSA) is 117 Å². The monoisotopic (exact) mass is 906 g/mol. The Balaban J connectivity index is 0.771. The molecule has 7 nitrogen and oxygen atoms in total. The molecule has 1 saturated heterocycles. The second-order valence-electron chi connectivity index (χ2n) is 23.3. The van der Waals surface area contributed by atoms with Gasteiger partial charge in [-0.3, -0.25) is 4.99 Å². The van der Waals surface area contributed by atoms with Crippen LogP contribution in [0.2, 0.25) is 0 Å². The molecule has 1 spiro atoms. The minimum absolute atomic E-state index is 0.0199. The molecule has 2 aromatic carbocycles. The van der Waals surface area contributed by atoms with E-state index in [1.54, 1.807) is 0 Å². The van der Waals surface area contributed by atoms with E-state index in [0.29, 0.717) is 71.9 Å². The van der Waals surface area contributed by atoms with E-state index in [1.807, 2.05) is 34.1 Å². The van der Waals surface area contributed by atoms with Crippen molar-refractivity contribution in [3.8, 4) is 0 Å². The van der Waals surface area contributed by atoms with Crippen molar-refractivity contribution in [3.63, 3.8) is 0 Å². The summed E-state index contributed by atoms with van der Waals surface area (Å²) in [5.74, 6) is 7.00. The van der Waals surface area contributed by atoms with Crippen LogP contribution in [0.3, 0.4) is 0 Å². The number of fused-ring (bicyclic) bond motifs is 6. The van der Waals surface area contributed by atoms with E-state index in [1.165, 1.54) is 85.4 Å². The minimum atomic E-state index is -0.667. The molecule has 0 unspecified atom stereocenters. The Labute approximate surface area is 390 Å². The number of aliphatic hydroxyl groups excluding tert-OH is 1. The standard InChI is InChI=1S/C55H75N3O4S2/c1-34-24-54(22-19-38(25-54)37-14-15-42-17-18-44(59)27-55(42,60)26-37)50-53(3,62-50)21-20-48-46(34)28-52(48,2)43-16-13-36(23-43)49-33-64-63-32-41-8-5-4-7-35(41)11-12-39(29-57-51(56)58-49)45-10-6-9-40-30-61-31-47(40)45/h4-10,30-31,36-39,42-44,46,48-50,59-60H,1,11-29,32-33H2,2-3H3,(H3,56,57,58)/t36-,37+,38-,39-,42+,43-,44-,46-,48-,49-,50-,52-,53-,54-,55+/m1/s1. The van der Waals surface area contributed by atoms with Crippen molar-refractivity contribution in [1.82, 2.24) is 5.32 Å². The fraction of sp³-hybridized carbons (Fsp3) is 0.691. The van der Waals surface area contributed by atoms with Gasteiger partial charge in [-0.15, -0.1) is 0 Å². The molecule has 9 heteroatoms. The van der Waals surface area contributed by atoms with Gasteiger partial charge >= 0.3 is 0 Å². The molecule has 6 saturated carbocycles. The number of aliphatic imine (C=N–C) groups is 1. The summed E-state index contributed by atoms with van der Waals surface area (Å²) in [7, 11) is 4.00. The lowest BCUT2D eigenvalue weighted by atomic mass is 9.46. The van der Waals surface area contributed by atoms with E-state index in [4.69, 9.17) is 26.5 Å². The number of ether oxygens (including phenoxy) is 1. The number of nitrogens with two attached hydrogens (primary N) is 1. The lowest BCUT2D eigenvalue weighted by Crippen LogP contribution is -2.51. The number of hydrogen-bond donors (Lipinski definition) is 4. The van der Waals surface area contributed by atoms with Gasteiger partial charge in [-0.2, -0.15) is 0 Å². The molecule has 7 fully saturated rings. The number of aliphatic hydroxyl groups is 2. The van der Waals surface area contributed by atoms with E-state index >= 15 is 0 Å². The molecule has 2 aliphatic heterocycles. The van der Waals surface area contributed by atoms with E-state index in [-0.39, 0.29) is 29.1 Å². The van der Waals surface area contributed by atoms with Crippen LogP contribution in [0.1, 0.15) is 146 Å². The number of nitrogens with one attached hydrogen (secondary N) is 1. The molecule has 1 aromatic heterocycles. The first-order valence-electron chi connectivity index (χ1n) is 25.5. The van der Waals surface area contributed by atoms with Crippen LogP contribution in [0.25, 0.3) is 10.8 Å². The van der Waals surface area contributed by atoms with Gasteiger partial charge in [-0.1, -0.05) is 83.1 Å². The lowest BCUT2D eigenvalue weighted by Gasteiger charge is -2.58. The lowest BCUT2D eigenvalue weighted by molar-refractivity contribution is -0.127. The molecule has 3 heterocycles. The van der Waals surface area contributed by atoms with Crippen LogP contribution >= 0.6 is 21.6 Å². The number of epoxide rings is 1. The number of furan rings is 1. The van der Waals surface area contributed by atoms with Crippen LogP contribution < -0.4 is 11.1 Å². The first kappa shape index (κ1) is 44.1. The number of rotatable bonds is 4. The van der Waals surface area contributed by atoms with Crippen molar-refractivity contribution in [2.24, 2.45) is 63.0 Å². The van der Waals surface area contributed by atoms with Gasteiger partial charge in [0.2, 0.25) is 0 Å². The number of aryl methyl sites for hydroxylation is 1. The quantitative estimate of drug-likeness (QED) is 0.116. The Bertz CT molecular complexity index is 2230. The van der Waals surface area contributed by atoms with Gasteiger partial charge in [-0.05, 0) is 180 Å². The third-order valence-corrected chi connectivity index (χ3v) is 22.1. The fourth-order valence-corrected chi connectivity index (χ4v) is 18.6. The molecule has 8 aliphatic rings. The summed E-state index contributed by atoms with van der Waals surface area (Å²) < 4.78 is 12.6. The van der Waals surface area contributed by atoms with Gasteiger partial charge in [0, 0.05) is 52.6 Å². The molecule has 15 atom stereocenters. The van der Waals surface area contributed by atoms with Gasteiger partial charge in [0.05, 0.1) is 35.9 Å². The predicted molar refractivity (Wildman–Crippen MR) is 263 cm³/mol.